The van der Waals surface area contributed by atoms with E-state index in [1.54, 1.807) is 22.8 Å². The highest BCUT2D eigenvalue weighted by Crippen LogP contribution is 2.25. The molecule has 0 aliphatic heterocycles. The van der Waals surface area contributed by atoms with Crippen LogP contribution in [-0.2, 0) is 0 Å². The van der Waals surface area contributed by atoms with Crippen molar-refractivity contribution in [1.82, 2.24) is 14.6 Å². The number of hydrogen-bond donors (Lipinski definition) is 1. The summed E-state index contributed by atoms with van der Waals surface area (Å²) >= 11 is 0. The summed E-state index contributed by atoms with van der Waals surface area (Å²) in [5.74, 6) is 0.300. The lowest BCUT2D eigenvalue weighted by atomic mass is 10.1. The number of nitrogen functional groups attached to an aromatic ring is 1. The summed E-state index contributed by atoms with van der Waals surface area (Å²) in [6.45, 7) is 0. The normalized spacial score (nSPS) is 11.3. The Hall–Kier alpha value is -2.95. The molecule has 0 radical (unpaired) electrons. The van der Waals surface area contributed by atoms with Crippen molar-refractivity contribution in [2.75, 3.05) is 5.73 Å². The van der Waals surface area contributed by atoms with Crippen LogP contribution in [0.5, 0.6) is 0 Å². The maximum atomic E-state index is 13.2. The average Bonchev–Trinajstić information content (AvgIpc) is 2.92. The van der Waals surface area contributed by atoms with Gasteiger partial charge in [-0.2, -0.15) is 9.61 Å². The summed E-state index contributed by atoms with van der Waals surface area (Å²) in [6, 6.07) is 14.1. The van der Waals surface area contributed by atoms with Crippen LogP contribution in [0, 0.1) is 5.82 Å². The lowest BCUT2D eigenvalue weighted by Gasteiger charge is -2.01. The maximum absolute atomic E-state index is 13.2. The van der Waals surface area contributed by atoms with E-state index in [2.05, 4.69) is 10.1 Å². The number of benzene rings is 2. The lowest BCUT2D eigenvalue weighted by Crippen LogP contribution is -1.98. The highest BCUT2D eigenvalue weighted by Gasteiger charge is 2.08. The van der Waals surface area contributed by atoms with Gasteiger partial charge in [-0.3, -0.25) is 0 Å². The van der Waals surface area contributed by atoms with Gasteiger partial charge < -0.3 is 5.73 Å². The summed E-state index contributed by atoms with van der Waals surface area (Å²) in [5, 5.41) is 6.29. The predicted octanol–water partition coefficient (Wildman–Crippen LogP) is 3.27. The van der Waals surface area contributed by atoms with Gasteiger partial charge in [0.25, 0.3) is 0 Å². The number of nitrogens with zero attached hydrogens (tertiary/aromatic N) is 3. The zero-order valence-corrected chi connectivity index (χ0v) is 11.0. The van der Waals surface area contributed by atoms with E-state index in [0.717, 1.165) is 22.0 Å². The Labute approximate surface area is 119 Å². The molecule has 2 heterocycles. The minimum Gasteiger partial charge on any atom is -0.384 e. The van der Waals surface area contributed by atoms with Crippen LogP contribution in [-0.4, -0.2) is 14.6 Å². The first-order valence-electron chi connectivity index (χ1n) is 6.51. The summed E-state index contributed by atoms with van der Waals surface area (Å²) in [7, 11) is 0. The Morgan fingerprint density at radius 3 is 2.62 bits per heavy atom. The van der Waals surface area contributed by atoms with Crippen molar-refractivity contribution in [2.24, 2.45) is 0 Å². The molecule has 0 saturated heterocycles. The second-order valence-electron chi connectivity index (χ2n) is 4.88. The lowest BCUT2D eigenvalue weighted by molar-refractivity contribution is 0.630. The van der Waals surface area contributed by atoms with Gasteiger partial charge in [0.15, 0.2) is 5.65 Å². The van der Waals surface area contributed by atoms with Crippen molar-refractivity contribution in [1.29, 1.82) is 0 Å². The molecule has 2 aromatic carbocycles. The average molecular weight is 278 g/mol. The van der Waals surface area contributed by atoms with Gasteiger partial charge in [-0.1, -0.05) is 18.2 Å². The van der Waals surface area contributed by atoms with Crippen LogP contribution >= 0.6 is 0 Å². The second-order valence-corrected chi connectivity index (χ2v) is 4.88. The first-order chi connectivity index (χ1) is 10.2. The molecule has 21 heavy (non-hydrogen) atoms. The molecular weight excluding hydrogens is 267 g/mol. The SMILES string of the molecule is Nc1ccnc2cc(-c3ccc4cc(F)ccc4c3)nn12. The number of nitrogens with two attached hydrogens (primary N) is 1. The maximum Gasteiger partial charge on any atom is 0.157 e. The first kappa shape index (κ1) is 11.8. The Balaban J connectivity index is 1.91. The van der Waals surface area contributed by atoms with Gasteiger partial charge in [-0.05, 0) is 35.0 Å². The monoisotopic (exact) mass is 278 g/mol. The first-order valence-corrected chi connectivity index (χ1v) is 6.51. The van der Waals surface area contributed by atoms with Crippen molar-refractivity contribution in [2.45, 2.75) is 0 Å². The minimum absolute atomic E-state index is 0.236. The summed E-state index contributed by atoms with van der Waals surface area (Å²) < 4.78 is 14.8. The zero-order valence-electron chi connectivity index (χ0n) is 11.0. The molecule has 0 atom stereocenters. The van der Waals surface area contributed by atoms with E-state index in [4.69, 9.17) is 5.73 Å². The number of anilines is 1. The van der Waals surface area contributed by atoms with Crippen LogP contribution in [0.4, 0.5) is 10.2 Å². The molecule has 0 aliphatic rings. The summed E-state index contributed by atoms with van der Waals surface area (Å²) in [6.07, 6.45) is 1.65. The second kappa shape index (κ2) is 4.28. The molecule has 0 aliphatic carbocycles. The van der Waals surface area contributed by atoms with Crippen LogP contribution in [0.3, 0.4) is 0 Å². The molecule has 2 N–H and O–H groups in total. The molecule has 2 aromatic heterocycles. The van der Waals surface area contributed by atoms with Crippen LogP contribution in [0.15, 0.2) is 54.7 Å². The summed E-state index contributed by atoms with van der Waals surface area (Å²) in [4.78, 5) is 4.23. The van der Waals surface area contributed by atoms with E-state index in [0.29, 0.717) is 11.5 Å². The standard InChI is InChI=1S/C16H11FN4/c17-13-4-3-10-7-12(2-1-11(10)8-13)14-9-16-19-6-5-15(18)21(16)20-14/h1-9H,18H2. The molecule has 4 aromatic rings. The van der Waals surface area contributed by atoms with E-state index in [1.807, 2.05) is 24.3 Å². The highest BCUT2D eigenvalue weighted by molar-refractivity contribution is 5.87. The van der Waals surface area contributed by atoms with E-state index >= 15 is 0 Å². The van der Waals surface area contributed by atoms with Gasteiger partial charge >= 0.3 is 0 Å². The Kier molecular flexibility index (Phi) is 2.41. The van der Waals surface area contributed by atoms with E-state index < -0.39 is 0 Å². The van der Waals surface area contributed by atoms with E-state index in [-0.39, 0.29) is 5.82 Å². The zero-order chi connectivity index (χ0) is 14.4. The fourth-order valence-corrected chi connectivity index (χ4v) is 2.43. The van der Waals surface area contributed by atoms with Crippen molar-refractivity contribution >= 4 is 22.2 Å². The Bertz CT molecular complexity index is 975. The van der Waals surface area contributed by atoms with E-state index in [9.17, 15) is 4.39 Å². The highest BCUT2D eigenvalue weighted by atomic mass is 19.1. The van der Waals surface area contributed by atoms with Crippen molar-refractivity contribution < 1.29 is 4.39 Å². The molecule has 0 fully saturated rings. The summed E-state index contributed by atoms with van der Waals surface area (Å²) in [5.41, 5.74) is 8.30. The third-order valence-corrected chi connectivity index (χ3v) is 3.49. The molecule has 0 saturated carbocycles. The number of rotatable bonds is 1. The molecule has 5 heteroatoms. The van der Waals surface area contributed by atoms with Gasteiger partial charge in [-0.25, -0.2) is 9.37 Å². The molecule has 0 unspecified atom stereocenters. The molecular formula is C16H11FN4. The minimum atomic E-state index is -0.236. The van der Waals surface area contributed by atoms with Crippen LogP contribution < -0.4 is 5.73 Å². The Morgan fingerprint density at radius 1 is 0.952 bits per heavy atom. The molecule has 0 bridgehead atoms. The third-order valence-electron chi connectivity index (χ3n) is 3.49. The molecule has 102 valence electrons. The predicted molar refractivity (Wildman–Crippen MR) is 80.3 cm³/mol. The van der Waals surface area contributed by atoms with E-state index in [1.165, 1.54) is 12.1 Å². The smallest absolute Gasteiger partial charge is 0.157 e. The van der Waals surface area contributed by atoms with Crippen molar-refractivity contribution in [3.63, 3.8) is 0 Å². The number of halogens is 1. The van der Waals surface area contributed by atoms with Crippen LogP contribution in [0.1, 0.15) is 0 Å². The van der Waals surface area contributed by atoms with Crippen molar-refractivity contribution in [3.05, 3.63) is 60.5 Å². The number of aromatic nitrogens is 3. The third kappa shape index (κ3) is 1.90. The quantitative estimate of drug-likeness (QED) is 0.581. The van der Waals surface area contributed by atoms with Crippen LogP contribution in [0.25, 0.3) is 27.7 Å². The largest absolute Gasteiger partial charge is 0.384 e. The van der Waals surface area contributed by atoms with Gasteiger partial charge in [0, 0.05) is 17.8 Å². The number of hydrogen-bond acceptors (Lipinski definition) is 3. The van der Waals surface area contributed by atoms with Gasteiger partial charge in [-0.15, -0.1) is 0 Å². The molecule has 4 nitrogen and oxygen atoms in total. The van der Waals surface area contributed by atoms with Crippen LogP contribution in [0.2, 0.25) is 0 Å². The molecule has 0 spiro atoms. The van der Waals surface area contributed by atoms with Crippen molar-refractivity contribution in [3.8, 4) is 11.3 Å². The topological polar surface area (TPSA) is 56.2 Å². The molecule has 0 amide bonds. The molecule has 4 rings (SSSR count). The van der Waals surface area contributed by atoms with Gasteiger partial charge in [0.05, 0.1) is 5.69 Å². The number of fused-ring (bicyclic) bond motifs is 2. The van der Waals surface area contributed by atoms with Gasteiger partial charge in [0.1, 0.15) is 11.6 Å². The fourth-order valence-electron chi connectivity index (χ4n) is 2.43. The Morgan fingerprint density at radius 2 is 1.76 bits per heavy atom. The fraction of sp³-hybridized carbons (Fsp3) is 0. The van der Waals surface area contributed by atoms with Gasteiger partial charge in [0.2, 0.25) is 0 Å².